The Morgan fingerprint density at radius 2 is 1.79 bits per heavy atom. The third-order valence-corrected chi connectivity index (χ3v) is 6.00. The van der Waals surface area contributed by atoms with Gasteiger partial charge in [0.1, 0.15) is 6.10 Å². The second-order valence-corrected chi connectivity index (χ2v) is 7.85. The molecule has 0 aliphatic carbocycles. The molecule has 29 heavy (non-hydrogen) atoms. The van der Waals surface area contributed by atoms with Gasteiger partial charge in [0.05, 0.1) is 12.1 Å². The van der Waals surface area contributed by atoms with Crippen molar-refractivity contribution in [1.82, 2.24) is 4.90 Å². The second kappa shape index (κ2) is 7.24. The van der Waals surface area contributed by atoms with Gasteiger partial charge in [0.15, 0.2) is 11.5 Å². The number of piperidine rings is 1. The number of para-hydroxylation sites is 1. The van der Waals surface area contributed by atoms with Crippen LogP contribution in [0.15, 0.2) is 48.5 Å². The van der Waals surface area contributed by atoms with Gasteiger partial charge in [-0.3, -0.25) is 9.80 Å². The van der Waals surface area contributed by atoms with Gasteiger partial charge in [0.2, 0.25) is 6.79 Å². The lowest BCUT2D eigenvalue weighted by Gasteiger charge is -2.39. The van der Waals surface area contributed by atoms with Crippen LogP contribution in [0.5, 0.6) is 11.5 Å². The van der Waals surface area contributed by atoms with Gasteiger partial charge in [0.25, 0.3) is 0 Å². The third-order valence-electron chi connectivity index (χ3n) is 6.00. The second-order valence-electron chi connectivity index (χ2n) is 7.85. The predicted octanol–water partition coefficient (Wildman–Crippen LogP) is 2.72. The lowest BCUT2D eigenvalue weighted by Crippen LogP contribution is -2.45. The molecule has 5 rings (SSSR count). The zero-order valence-corrected chi connectivity index (χ0v) is 16.1. The molecule has 0 saturated carbocycles. The van der Waals surface area contributed by atoms with Crippen molar-refractivity contribution in [3.8, 4) is 11.5 Å². The molecular weight excluding hydrogens is 372 g/mol. The van der Waals surface area contributed by atoms with E-state index < -0.39 is 5.60 Å². The first kappa shape index (κ1) is 18.3. The van der Waals surface area contributed by atoms with Gasteiger partial charge in [-0.25, -0.2) is 4.79 Å². The maximum absolute atomic E-state index is 12.2. The average Bonchev–Trinajstić information content (AvgIpc) is 3.36. The van der Waals surface area contributed by atoms with E-state index in [1.165, 1.54) is 0 Å². The SMILES string of the molecule is O=C1O[C@@H](CN2CCC(O)(c3ccc4c(c3)OCO4)CC2)CN1c1ccccc1. The minimum absolute atomic E-state index is 0.167. The van der Waals surface area contributed by atoms with Crippen LogP contribution in [-0.2, 0) is 10.3 Å². The normalized spacial score (nSPS) is 23.3. The highest BCUT2D eigenvalue weighted by molar-refractivity contribution is 5.89. The molecule has 0 spiro atoms. The highest BCUT2D eigenvalue weighted by Crippen LogP contribution is 2.39. The quantitative estimate of drug-likeness (QED) is 0.857. The van der Waals surface area contributed by atoms with Crippen molar-refractivity contribution in [3.05, 3.63) is 54.1 Å². The van der Waals surface area contributed by atoms with E-state index in [4.69, 9.17) is 14.2 Å². The summed E-state index contributed by atoms with van der Waals surface area (Å²) in [4.78, 5) is 16.2. The molecule has 2 saturated heterocycles. The fraction of sp³-hybridized carbons (Fsp3) is 0.409. The van der Waals surface area contributed by atoms with Crippen LogP contribution < -0.4 is 14.4 Å². The van der Waals surface area contributed by atoms with E-state index in [1.54, 1.807) is 4.90 Å². The maximum Gasteiger partial charge on any atom is 0.414 e. The molecule has 1 amide bonds. The van der Waals surface area contributed by atoms with Crippen molar-refractivity contribution < 1.29 is 24.1 Å². The molecule has 152 valence electrons. The number of carbonyl (C=O) groups is 1. The summed E-state index contributed by atoms with van der Waals surface area (Å²) in [7, 11) is 0. The van der Waals surface area contributed by atoms with Crippen LogP contribution in [0, 0.1) is 0 Å². The Labute approximate surface area is 169 Å². The van der Waals surface area contributed by atoms with E-state index in [-0.39, 0.29) is 19.0 Å². The summed E-state index contributed by atoms with van der Waals surface area (Å²) in [6, 6.07) is 15.2. The zero-order chi connectivity index (χ0) is 19.8. The first-order valence-electron chi connectivity index (χ1n) is 9.99. The number of aliphatic hydroxyl groups is 1. The van der Waals surface area contributed by atoms with Gasteiger partial charge in [-0.15, -0.1) is 0 Å². The van der Waals surface area contributed by atoms with E-state index >= 15 is 0 Å². The Balaban J connectivity index is 1.19. The van der Waals surface area contributed by atoms with Crippen LogP contribution >= 0.6 is 0 Å². The van der Waals surface area contributed by atoms with Crippen molar-refractivity contribution in [2.75, 3.05) is 37.9 Å². The number of hydrogen-bond donors (Lipinski definition) is 1. The number of benzene rings is 2. The number of amides is 1. The lowest BCUT2D eigenvalue weighted by atomic mass is 9.84. The highest BCUT2D eigenvalue weighted by Gasteiger charge is 2.38. The Hall–Kier alpha value is -2.77. The molecule has 0 radical (unpaired) electrons. The topological polar surface area (TPSA) is 71.5 Å². The highest BCUT2D eigenvalue weighted by atomic mass is 16.7. The minimum atomic E-state index is -0.875. The van der Waals surface area contributed by atoms with E-state index in [1.807, 2.05) is 48.5 Å². The number of hydrogen-bond acceptors (Lipinski definition) is 6. The summed E-state index contributed by atoms with van der Waals surface area (Å²) in [5.41, 5.74) is 0.847. The molecule has 1 atom stereocenters. The number of nitrogens with zero attached hydrogens (tertiary/aromatic N) is 2. The molecule has 0 unspecified atom stereocenters. The summed E-state index contributed by atoms with van der Waals surface area (Å²) >= 11 is 0. The zero-order valence-electron chi connectivity index (χ0n) is 16.1. The first-order chi connectivity index (χ1) is 14.1. The lowest BCUT2D eigenvalue weighted by molar-refractivity contribution is -0.0325. The molecule has 2 aromatic carbocycles. The number of rotatable bonds is 4. The van der Waals surface area contributed by atoms with Gasteiger partial charge in [-0.1, -0.05) is 24.3 Å². The molecule has 3 heterocycles. The van der Waals surface area contributed by atoms with Crippen LogP contribution in [0.3, 0.4) is 0 Å². The van der Waals surface area contributed by atoms with Crippen LogP contribution in [0.25, 0.3) is 0 Å². The van der Waals surface area contributed by atoms with Crippen molar-refractivity contribution >= 4 is 11.8 Å². The van der Waals surface area contributed by atoms with Gasteiger partial charge >= 0.3 is 6.09 Å². The van der Waals surface area contributed by atoms with Gasteiger partial charge in [-0.05, 0) is 42.7 Å². The van der Waals surface area contributed by atoms with Crippen LogP contribution in [0.4, 0.5) is 10.5 Å². The standard InChI is InChI=1S/C22H24N2O5/c25-21-24(17-4-2-1-3-5-17)14-18(29-21)13-23-10-8-22(26,9-11-23)16-6-7-19-20(12-16)28-15-27-19/h1-7,12,18,26H,8-11,13-15H2/t18-/m0/s1. The Kier molecular flexibility index (Phi) is 4.56. The number of fused-ring (bicyclic) bond motifs is 1. The van der Waals surface area contributed by atoms with Gasteiger partial charge < -0.3 is 19.3 Å². The minimum Gasteiger partial charge on any atom is -0.454 e. The van der Waals surface area contributed by atoms with Gasteiger partial charge in [0, 0.05) is 25.3 Å². The van der Waals surface area contributed by atoms with Crippen molar-refractivity contribution in [1.29, 1.82) is 0 Å². The summed E-state index contributed by atoms with van der Waals surface area (Å²) in [5.74, 6) is 1.41. The molecule has 0 aromatic heterocycles. The maximum atomic E-state index is 12.2. The number of likely N-dealkylation sites (tertiary alicyclic amines) is 1. The molecule has 0 bridgehead atoms. The Morgan fingerprint density at radius 3 is 2.59 bits per heavy atom. The molecule has 3 aliphatic rings. The van der Waals surface area contributed by atoms with Crippen LogP contribution in [0.1, 0.15) is 18.4 Å². The third kappa shape index (κ3) is 3.52. The molecule has 7 heteroatoms. The molecule has 3 aliphatic heterocycles. The smallest absolute Gasteiger partial charge is 0.414 e. The first-order valence-corrected chi connectivity index (χ1v) is 9.99. The average molecular weight is 396 g/mol. The number of anilines is 1. The Morgan fingerprint density at radius 1 is 1.03 bits per heavy atom. The Bertz CT molecular complexity index is 895. The van der Waals surface area contributed by atoms with Crippen LogP contribution in [0.2, 0.25) is 0 Å². The molecule has 7 nitrogen and oxygen atoms in total. The fourth-order valence-corrected chi connectivity index (χ4v) is 4.30. The van der Waals surface area contributed by atoms with Crippen molar-refractivity contribution in [2.45, 2.75) is 24.5 Å². The van der Waals surface area contributed by atoms with Crippen molar-refractivity contribution in [2.24, 2.45) is 0 Å². The number of cyclic esters (lactones) is 1. The van der Waals surface area contributed by atoms with Crippen LogP contribution in [-0.4, -0.2) is 55.2 Å². The summed E-state index contributed by atoms with van der Waals surface area (Å²) in [6.07, 6.45) is 0.778. The summed E-state index contributed by atoms with van der Waals surface area (Å²) in [5, 5.41) is 11.2. The monoisotopic (exact) mass is 396 g/mol. The molecule has 2 aromatic rings. The van der Waals surface area contributed by atoms with Gasteiger partial charge in [-0.2, -0.15) is 0 Å². The van der Waals surface area contributed by atoms with E-state index in [2.05, 4.69) is 4.90 Å². The molecule has 2 fully saturated rings. The van der Waals surface area contributed by atoms with E-state index in [0.29, 0.717) is 31.7 Å². The van der Waals surface area contributed by atoms with Crippen molar-refractivity contribution in [3.63, 3.8) is 0 Å². The summed E-state index contributed by atoms with van der Waals surface area (Å²) < 4.78 is 16.4. The fourth-order valence-electron chi connectivity index (χ4n) is 4.30. The summed E-state index contributed by atoms with van der Waals surface area (Å²) in [6.45, 7) is 2.93. The number of carbonyl (C=O) groups excluding carboxylic acids is 1. The van der Waals surface area contributed by atoms with E-state index in [9.17, 15) is 9.90 Å². The van der Waals surface area contributed by atoms with E-state index in [0.717, 1.165) is 30.1 Å². The molecular formula is C22H24N2O5. The predicted molar refractivity (Wildman–Crippen MR) is 106 cm³/mol. The number of ether oxygens (including phenoxy) is 3. The molecule has 1 N–H and O–H groups in total. The largest absolute Gasteiger partial charge is 0.454 e.